The number of aliphatic hydroxyl groups excluding tert-OH is 2. The molecule has 10 N–H and O–H groups in total. The molecule has 0 radical (unpaired) electrons. The standard InChI is InChI=1S/C14H23N3O3.C6H8N4O/c15-14(16)17-8-2-1-3-11-4-6-13(7-5-11)20-10-12(19)9-18;1-3-5(7)10-6(8)4(2-11)9-3/h4-7,12,18-19H,1-3,8-10H2,(H4,15,16,17);2H,1H3,(H4,7,8,10). The molecule has 0 aliphatic heterocycles. The van der Waals surface area contributed by atoms with Gasteiger partial charge in [-0.05, 0) is 43.9 Å². The van der Waals surface area contributed by atoms with Gasteiger partial charge in [-0.25, -0.2) is 9.97 Å². The Morgan fingerprint density at radius 1 is 1.16 bits per heavy atom. The topological polar surface area (TPSA) is 209 Å². The predicted octanol–water partition coefficient (Wildman–Crippen LogP) is -0.223. The van der Waals surface area contributed by atoms with Crippen molar-refractivity contribution in [3.8, 4) is 5.75 Å². The van der Waals surface area contributed by atoms with E-state index < -0.39 is 6.10 Å². The summed E-state index contributed by atoms with van der Waals surface area (Å²) in [5.41, 5.74) is 23.0. The number of unbranched alkanes of at least 4 members (excludes halogenated alkanes) is 1. The molecule has 0 fully saturated rings. The van der Waals surface area contributed by atoms with Gasteiger partial charge in [-0.2, -0.15) is 0 Å². The van der Waals surface area contributed by atoms with Crippen LogP contribution < -0.4 is 27.7 Å². The zero-order valence-corrected chi connectivity index (χ0v) is 17.6. The molecule has 1 aromatic carbocycles. The first-order chi connectivity index (χ1) is 14.8. The minimum Gasteiger partial charge on any atom is -0.491 e. The molecule has 11 heteroatoms. The molecular formula is C20H31N7O4. The number of aliphatic hydroxyl groups is 2. The second-order valence-electron chi connectivity index (χ2n) is 6.64. The van der Waals surface area contributed by atoms with Crippen LogP contribution in [0.2, 0.25) is 0 Å². The van der Waals surface area contributed by atoms with Gasteiger partial charge in [0.05, 0.1) is 12.3 Å². The maximum absolute atomic E-state index is 10.3. The summed E-state index contributed by atoms with van der Waals surface area (Å²) in [5, 5.41) is 17.9. The maximum Gasteiger partial charge on any atom is 0.185 e. The second kappa shape index (κ2) is 13.7. The van der Waals surface area contributed by atoms with Crippen LogP contribution in [-0.2, 0) is 6.42 Å². The molecule has 0 aliphatic rings. The fourth-order valence-corrected chi connectivity index (χ4v) is 2.30. The van der Waals surface area contributed by atoms with E-state index >= 15 is 0 Å². The van der Waals surface area contributed by atoms with E-state index in [1.54, 1.807) is 6.92 Å². The number of aliphatic imine (C=N–C) groups is 1. The van der Waals surface area contributed by atoms with Crippen LogP contribution >= 0.6 is 0 Å². The van der Waals surface area contributed by atoms with E-state index in [1.807, 2.05) is 24.3 Å². The summed E-state index contributed by atoms with van der Waals surface area (Å²) in [5.74, 6) is 1.15. The van der Waals surface area contributed by atoms with Crippen LogP contribution in [0.1, 0.15) is 34.6 Å². The van der Waals surface area contributed by atoms with Crippen molar-refractivity contribution in [2.24, 2.45) is 16.5 Å². The monoisotopic (exact) mass is 433 g/mol. The summed E-state index contributed by atoms with van der Waals surface area (Å²) >= 11 is 0. The third kappa shape index (κ3) is 10.2. The van der Waals surface area contributed by atoms with Gasteiger partial charge in [0.15, 0.2) is 18.1 Å². The summed E-state index contributed by atoms with van der Waals surface area (Å²) in [6.45, 7) is 2.11. The molecule has 0 spiro atoms. The smallest absolute Gasteiger partial charge is 0.185 e. The van der Waals surface area contributed by atoms with E-state index in [0.717, 1.165) is 19.3 Å². The molecule has 1 unspecified atom stereocenters. The molecule has 1 aromatic heterocycles. The summed E-state index contributed by atoms with van der Waals surface area (Å²) < 4.78 is 5.33. The molecule has 0 amide bonds. The second-order valence-corrected chi connectivity index (χ2v) is 6.64. The number of guanidine groups is 1. The number of rotatable bonds is 10. The molecule has 2 rings (SSSR count). The summed E-state index contributed by atoms with van der Waals surface area (Å²) in [6, 6.07) is 7.69. The number of carbonyl (C=O) groups excluding carboxylic acids is 1. The maximum atomic E-state index is 10.3. The summed E-state index contributed by atoms with van der Waals surface area (Å²) in [6.07, 6.45) is 2.62. The SMILES string of the molecule is Cc1nc(C=O)c(N)nc1N.NC(N)=NCCCCc1ccc(OCC(O)CO)cc1. The first-order valence-electron chi connectivity index (χ1n) is 9.67. The number of nitrogens with two attached hydrogens (primary N) is 4. The number of aromatic nitrogens is 2. The van der Waals surface area contributed by atoms with Crippen LogP contribution in [0.5, 0.6) is 5.75 Å². The Labute approximate surface area is 181 Å². The molecule has 0 aliphatic carbocycles. The largest absolute Gasteiger partial charge is 0.491 e. The zero-order valence-electron chi connectivity index (χ0n) is 17.6. The van der Waals surface area contributed by atoms with Crippen molar-refractivity contribution >= 4 is 23.9 Å². The van der Waals surface area contributed by atoms with E-state index in [-0.39, 0.29) is 36.5 Å². The van der Waals surface area contributed by atoms with E-state index in [0.29, 0.717) is 24.3 Å². The lowest BCUT2D eigenvalue weighted by Crippen LogP contribution is -2.22. The van der Waals surface area contributed by atoms with E-state index in [2.05, 4.69) is 15.0 Å². The van der Waals surface area contributed by atoms with Crippen LogP contribution in [0.25, 0.3) is 0 Å². The number of anilines is 2. The normalized spacial score (nSPS) is 11.1. The first kappa shape index (κ1) is 25.6. The van der Waals surface area contributed by atoms with Crippen LogP contribution in [0.3, 0.4) is 0 Å². The quantitative estimate of drug-likeness (QED) is 0.125. The highest BCUT2D eigenvalue weighted by atomic mass is 16.5. The highest BCUT2D eigenvalue weighted by Crippen LogP contribution is 2.14. The minimum absolute atomic E-state index is 0.0723. The Morgan fingerprint density at radius 3 is 2.42 bits per heavy atom. The van der Waals surface area contributed by atoms with E-state index in [4.69, 9.17) is 32.8 Å². The molecular weight excluding hydrogens is 402 g/mol. The van der Waals surface area contributed by atoms with Crippen molar-refractivity contribution < 1.29 is 19.7 Å². The van der Waals surface area contributed by atoms with Crippen molar-refractivity contribution in [2.75, 3.05) is 31.2 Å². The lowest BCUT2D eigenvalue weighted by atomic mass is 10.1. The zero-order chi connectivity index (χ0) is 23.2. The van der Waals surface area contributed by atoms with Crippen LogP contribution in [0, 0.1) is 6.92 Å². The number of aryl methyl sites for hydroxylation is 2. The molecule has 1 heterocycles. The van der Waals surface area contributed by atoms with Gasteiger partial charge in [0.25, 0.3) is 0 Å². The summed E-state index contributed by atoms with van der Waals surface area (Å²) in [4.78, 5) is 21.7. The Bertz CT molecular complexity index is 840. The fraction of sp³-hybridized carbons (Fsp3) is 0.400. The number of benzene rings is 1. The summed E-state index contributed by atoms with van der Waals surface area (Å²) in [7, 11) is 0. The number of carbonyl (C=O) groups is 1. The van der Waals surface area contributed by atoms with Crippen molar-refractivity contribution in [3.05, 3.63) is 41.2 Å². The third-order valence-electron chi connectivity index (χ3n) is 4.02. The molecule has 0 saturated heterocycles. The minimum atomic E-state index is -0.842. The Kier molecular flexibility index (Phi) is 11.3. The molecule has 0 bridgehead atoms. The molecule has 0 saturated carbocycles. The fourth-order valence-electron chi connectivity index (χ4n) is 2.30. The molecule has 2 aromatic rings. The van der Waals surface area contributed by atoms with Gasteiger partial charge in [-0.3, -0.25) is 9.79 Å². The Hall–Kier alpha value is -3.44. The van der Waals surface area contributed by atoms with Gasteiger partial charge in [0, 0.05) is 6.54 Å². The van der Waals surface area contributed by atoms with Crippen LogP contribution in [0.15, 0.2) is 29.3 Å². The number of aldehydes is 1. The molecule has 1 atom stereocenters. The van der Waals surface area contributed by atoms with Crippen molar-refractivity contribution in [3.63, 3.8) is 0 Å². The first-order valence-corrected chi connectivity index (χ1v) is 9.67. The molecule has 31 heavy (non-hydrogen) atoms. The highest BCUT2D eigenvalue weighted by molar-refractivity contribution is 5.79. The van der Waals surface area contributed by atoms with Gasteiger partial charge >= 0.3 is 0 Å². The van der Waals surface area contributed by atoms with Crippen LogP contribution in [-0.4, -0.2) is 58.3 Å². The molecule has 170 valence electrons. The lowest BCUT2D eigenvalue weighted by molar-refractivity contribution is 0.0536. The van der Waals surface area contributed by atoms with Gasteiger partial charge < -0.3 is 37.9 Å². The van der Waals surface area contributed by atoms with E-state index in [1.165, 1.54) is 5.56 Å². The van der Waals surface area contributed by atoms with E-state index in [9.17, 15) is 9.90 Å². The van der Waals surface area contributed by atoms with Crippen LogP contribution in [0.4, 0.5) is 11.6 Å². The van der Waals surface area contributed by atoms with Gasteiger partial charge in [-0.15, -0.1) is 0 Å². The highest BCUT2D eigenvalue weighted by Gasteiger charge is 2.04. The van der Waals surface area contributed by atoms with Gasteiger partial charge in [0.2, 0.25) is 0 Å². The van der Waals surface area contributed by atoms with Gasteiger partial charge in [0.1, 0.15) is 30.0 Å². The van der Waals surface area contributed by atoms with Crippen molar-refractivity contribution in [1.82, 2.24) is 9.97 Å². The predicted molar refractivity (Wildman–Crippen MR) is 120 cm³/mol. The lowest BCUT2D eigenvalue weighted by Gasteiger charge is -2.10. The number of hydrogen-bond donors (Lipinski definition) is 6. The van der Waals surface area contributed by atoms with Crippen molar-refractivity contribution in [1.29, 1.82) is 0 Å². The Balaban J connectivity index is 0.000000367. The number of nitrogens with zero attached hydrogens (tertiary/aromatic N) is 3. The Morgan fingerprint density at radius 2 is 1.84 bits per heavy atom. The average molecular weight is 434 g/mol. The molecule has 11 nitrogen and oxygen atoms in total. The number of ether oxygens (including phenoxy) is 1. The average Bonchev–Trinajstić information content (AvgIpc) is 2.75. The van der Waals surface area contributed by atoms with Crippen molar-refractivity contribution in [2.45, 2.75) is 32.3 Å². The number of nitrogen functional groups attached to an aromatic ring is 2. The number of hydrogen-bond acceptors (Lipinski definition) is 9. The van der Waals surface area contributed by atoms with Gasteiger partial charge in [-0.1, -0.05) is 12.1 Å². The third-order valence-corrected chi connectivity index (χ3v) is 4.02.